The van der Waals surface area contributed by atoms with E-state index in [4.69, 9.17) is 0 Å². The molecular formula is C16H20N2O3S. The van der Waals surface area contributed by atoms with Crippen molar-refractivity contribution in [2.75, 3.05) is 0 Å². The zero-order valence-corrected chi connectivity index (χ0v) is 13.1. The number of para-hydroxylation sites is 1. The Morgan fingerprint density at radius 2 is 1.86 bits per heavy atom. The van der Waals surface area contributed by atoms with Crippen molar-refractivity contribution >= 4 is 20.9 Å². The number of nitrogens with zero attached hydrogens (tertiary/aromatic N) is 1. The molecule has 0 unspecified atom stereocenters. The fourth-order valence-electron chi connectivity index (χ4n) is 2.98. The summed E-state index contributed by atoms with van der Waals surface area (Å²) in [4.78, 5) is 4.30. The van der Waals surface area contributed by atoms with E-state index in [0.29, 0.717) is 31.2 Å². The summed E-state index contributed by atoms with van der Waals surface area (Å²) in [7, 11) is -3.41. The largest absolute Gasteiger partial charge is 0.393 e. The molecule has 0 atom stereocenters. The van der Waals surface area contributed by atoms with Crippen molar-refractivity contribution in [1.29, 1.82) is 0 Å². The van der Waals surface area contributed by atoms with Crippen LogP contribution < -0.4 is 4.72 Å². The number of rotatable bonds is 4. The van der Waals surface area contributed by atoms with Gasteiger partial charge in [0.1, 0.15) is 0 Å². The first-order valence-corrected chi connectivity index (χ1v) is 9.19. The summed E-state index contributed by atoms with van der Waals surface area (Å²) in [5, 5.41) is 10.4. The molecule has 0 bridgehead atoms. The number of pyridine rings is 1. The van der Waals surface area contributed by atoms with Gasteiger partial charge >= 0.3 is 0 Å². The van der Waals surface area contributed by atoms with Crippen LogP contribution in [-0.4, -0.2) is 30.7 Å². The minimum atomic E-state index is -3.41. The van der Waals surface area contributed by atoms with Crippen LogP contribution in [0.25, 0.3) is 10.9 Å². The Hall–Kier alpha value is -1.50. The van der Waals surface area contributed by atoms with Gasteiger partial charge in [-0.15, -0.1) is 0 Å². The quantitative estimate of drug-likeness (QED) is 0.902. The Balaban J connectivity index is 1.76. The molecule has 0 spiro atoms. The summed E-state index contributed by atoms with van der Waals surface area (Å²) < 4.78 is 27.5. The number of aromatic nitrogens is 1. The molecule has 118 valence electrons. The van der Waals surface area contributed by atoms with Gasteiger partial charge in [-0.2, -0.15) is 0 Å². The van der Waals surface area contributed by atoms with E-state index in [1.165, 1.54) is 0 Å². The minimum Gasteiger partial charge on any atom is -0.393 e. The van der Waals surface area contributed by atoms with Crippen LogP contribution in [0, 0.1) is 0 Å². The Morgan fingerprint density at radius 1 is 1.14 bits per heavy atom. The highest BCUT2D eigenvalue weighted by Gasteiger charge is 2.24. The summed E-state index contributed by atoms with van der Waals surface area (Å²) in [5.41, 5.74) is 1.44. The summed E-state index contributed by atoms with van der Waals surface area (Å²) >= 11 is 0. The molecule has 1 aromatic heterocycles. The lowest BCUT2D eigenvalue weighted by atomic mass is 9.94. The lowest BCUT2D eigenvalue weighted by Crippen LogP contribution is -2.39. The molecule has 0 saturated heterocycles. The lowest BCUT2D eigenvalue weighted by Gasteiger charge is -2.26. The Labute approximate surface area is 130 Å². The second-order valence-corrected chi connectivity index (χ2v) is 7.63. The van der Waals surface area contributed by atoms with Crippen molar-refractivity contribution in [1.82, 2.24) is 9.71 Å². The zero-order chi connectivity index (χ0) is 15.6. The maximum Gasteiger partial charge on any atom is 0.216 e. The average Bonchev–Trinajstić information content (AvgIpc) is 2.49. The van der Waals surface area contributed by atoms with Crippen molar-refractivity contribution in [3.8, 4) is 0 Å². The SMILES string of the molecule is O=S(=O)(Cc1cccc2cccnc12)NC1CCC(O)CC1. The predicted molar refractivity (Wildman–Crippen MR) is 85.8 cm³/mol. The van der Waals surface area contributed by atoms with Crippen LogP contribution in [0.3, 0.4) is 0 Å². The lowest BCUT2D eigenvalue weighted by molar-refractivity contribution is 0.120. The third kappa shape index (κ3) is 3.63. The van der Waals surface area contributed by atoms with E-state index < -0.39 is 10.0 Å². The van der Waals surface area contributed by atoms with Gasteiger partial charge in [0.2, 0.25) is 10.0 Å². The molecule has 0 aliphatic heterocycles. The van der Waals surface area contributed by atoms with Gasteiger partial charge in [0.25, 0.3) is 0 Å². The molecule has 2 N–H and O–H groups in total. The van der Waals surface area contributed by atoms with Crippen LogP contribution in [0.4, 0.5) is 0 Å². The van der Waals surface area contributed by atoms with E-state index in [-0.39, 0.29) is 17.9 Å². The monoisotopic (exact) mass is 320 g/mol. The number of sulfonamides is 1. The van der Waals surface area contributed by atoms with Crippen LogP contribution in [0.1, 0.15) is 31.2 Å². The first-order valence-electron chi connectivity index (χ1n) is 7.54. The molecule has 0 amide bonds. The number of aliphatic hydroxyl groups is 1. The van der Waals surface area contributed by atoms with E-state index in [9.17, 15) is 13.5 Å². The second kappa shape index (κ2) is 6.32. The van der Waals surface area contributed by atoms with Crippen LogP contribution >= 0.6 is 0 Å². The van der Waals surface area contributed by atoms with E-state index in [1.807, 2.05) is 24.3 Å². The topological polar surface area (TPSA) is 79.3 Å². The number of fused-ring (bicyclic) bond motifs is 1. The third-order valence-corrected chi connectivity index (χ3v) is 5.49. The molecule has 1 saturated carbocycles. The first kappa shape index (κ1) is 15.4. The van der Waals surface area contributed by atoms with E-state index >= 15 is 0 Å². The highest BCUT2D eigenvalue weighted by atomic mass is 32.2. The molecule has 22 heavy (non-hydrogen) atoms. The highest BCUT2D eigenvalue weighted by Crippen LogP contribution is 2.21. The maximum atomic E-state index is 12.4. The van der Waals surface area contributed by atoms with Crippen LogP contribution in [0.15, 0.2) is 36.5 Å². The average molecular weight is 320 g/mol. The molecule has 2 aromatic rings. The van der Waals surface area contributed by atoms with Crippen molar-refractivity contribution in [2.24, 2.45) is 0 Å². The van der Waals surface area contributed by atoms with Gasteiger partial charge in [-0.3, -0.25) is 4.98 Å². The number of nitrogens with one attached hydrogen (secondary N) is 1. The molecule has 1 aliphatic carbocycles. The van der Waals surface area contributed by atoms with Crippen molar-refractivity contribution in [3.63, 3.8) is 0 Å². The normalized spacial score (nSPS) is 22.8. The van der Waals surface area contributed by atoms with Gasteiger partial charge < -0.3 is 5.11 Å². The smallest absolute Gasteiger partial charge is 0.216 e. The van der Waals surface area contributed by atoms with Gasteiger partial charge in [-0.1, -0.05) is 24.3 Å². The predicted octanol–water partition coefficient (Wildman–Crippen LogP) is 1.96. The molecule has 1 fully saturated rings. The maximum absolute atomic E-state index is 12.4. The number of hydrogen-bond donors (Lipinski definition) is 2. The zero-order valence-electron chi connectivity index (χ0n) is 12.3. The Kier molecular flexibility index (Phi) is 4.42. The van der Waals surface area contributed by atoms with E-state index in [1.54, 1.807) is 12.3 Å². The summed E-state index contributed by atoms with van der Waals surface area (Å²) in [6, 6.07) is 9.27. The number of aliphatic hydroxyl groups excluding tert-OH is 1. The summed E-state index contributed by atoms with van der Waals surface area (Å²) in [5.74, 6) is -0.0690. The van der Waals surface area contributed by atoms with Crippen molar-refractivity contribution in [2.45, 2.75) is 43.6 Å². The summed E-state index contributed by atoms with van der Waals surface area (Å²) in [6.07, 6.45) is 4.08. The minimum absolute atomic E-state index is 0.0690. The van der Waals surface area contributed by atoms with Gasteiger partial charge in [0.05, 0.1) is 17.4 Å². The second-order valence-electron chi connectivity index (χ2n) is 5.87. The van der Waals surface area contributed by atoms with Crippen molar-refractivity contribution < 1.29 is 13.5 Å². The van der Waals surface area contributed by atoms with Gasteiger partial charge in [0.15, 0.2) is 0 Å². The number of benzene rings is 1. The van der Waals surface area contributed by atoms with Gasteiger partial charge in [0, 0.05) is 17.6 Å². The van der Waals surface area contributed by atoms with Crippen molar-refractivity contribution in [3.05, 3.63) is 42.1 Å². The van der Waals surface area contributed by atoms with E-state index in [0.717, 1.165) is 10.9 Å². The molecule has 1 heterocycles. The third-order valence-electron chi connectivity index (χ3n) is 4.10. The van der Waals surface area contributed by atoms with Gasteiger partial charge in [-0.25, -0.2) is 13.1 Å². The Bertz CT molecular complexity index is 748. The molecule has 6 heteroatoms. The Morgan fingerprint density at radius 3 is 2.64 bits per heavy atom. The standard InChI is InChI=1S/C16H20N2O3S/c19-15-8-6-14(7-9-15)18-22(20,21)11-13-4-1-3-12-5-2-10-17-16(12)13/h1-5,10,14-15,18-19H,6-9,11H2. The van der Waals surface area contributed by atoms with Crippen LogP contribution in [0.2, 0.25) is 0 Å². The molecule has 1 aliphatic rings. The van der Waals surface area contributed by atoms with Crippen LogP contribution in [-0.2, 0) is 15.8 Å². The van der Waals surface area contributed by atoms with Crippen LogP contribution in [0.5, 0.6) is 0 Å². The molecular weight excluding hydrogens is 300 g/mol. The molecule has 1 aromatic carbocycles. The van der Waals surface area contributed by atoms with E-state index in [2.05, 4.69) is 9.71 Å². The summed E-state index contributed by atoms with van der Waals surface area (Å²) in [6.45, 7) is 0. The molecule has 5 nitrogen and oxygen atoms in total. The number of hydrogen-bond acceptors (Lipinski definition) is 4. The molecule has 0 radical (unpaired) electrons. The fraction of sp³-hybridized carbons (Fsp3) is 0.438. The fourth-order valence-corrected chi connectivity index (χ4v) is 4.45. The highest BCUT2D eigenvalue weighted by molar-refractivity contribution is 7.88. The van der Waals surface area contributed by atoms with Gasteiger partial charge in [-0.05, 0) is 37.3 Å². The first-order chi connectivity index (χ1) is 10.5. The molecule has 3 rings (SSSR count).